The Kier molecular flexibility index (Phi) is 6.84. The molecule has 2 aliphatic rings. The molecule has 2 aromatic rings. The second-order valence-electron chi connectivity index (χ2n) is 7.02. The number of carbonyl (C=O) groups is 2. The normalized spacial score (nSPS) is 22.8. The molecule has 2 aliphatic heterocycles. The van der Waals surface area contributed by atoms with Crippen LogP contribution in [0.15, 0.2) is 41.1 Å². The number of hydrogen-bond acceptors (Lipinski definition) is 6. The number of hydrogen-bond donors (Lipinski definition) is 1. The number of nitrogens with zero attached hydrogens (tertiary/aromatic N) is 2. The molecular weight excluding hydrogens is 421 g/mol. The van der Waals surface area contributed by atoms with Crippen LogP contribution in [-0.4, -0.2) is 64.4 Å². The predicted octanol–water partition coefficient (Wildman–Crippen LogP) is 3.07. The number of likely N-dealkylation sites (tertiary alicyclic amines) is 1. The zero-order chi connectivity index (χ0) is 22.6. The number of fused-ring (bicyclic) bond motifs is 1. The number of halogens is 3. The maximum Gasteiger partial charge on any atom is 0.490 e. The lowest BCUT2D eigenvalue weighted by molar-refractivity contribution is -0.192. The van der Waals surface area contributed by atoms with Gasteiger partial charge in [-0.15, -0.1) is 0 Å². The van der Waals surface area contributed by atoms with Crippen LogP contribution in [0.5, 0.6) is 5.88 Å². The second-order valence-corrected chi connectivity index (χ2v) is 7.02. The SMILES string of the molecule is Cc1occc1C(=O)N1C[C@@H](Oc2ccccn2)[C@H]2OCCC[C@H]21.O=C(O)C(F)(F)F. The zero-order valence-electron chi connectivity index (χ0n) is 16.5. The molecule has 4 heterocycles. The quantitative estimate of drug-likeness (QED) is 0.780. The number of carboxylic acids is 1. The van der Waals surface area contributed by atoms with Gasteiger partial charge in [-0.1, -0.05) is 6.07 Å². The molecule has 11 heteroatoms. The fourth-order valence-electron chi connectivity index (χ4n) is 3.58. The number of carbonyl (C=O) groups excluding carboxylic acids is 1. The standard InChI is InChI=1S/C18H20N2O4.C2HF3O2/c1-12-13(7-10-22-12)18(21)20-11-15(17-14(20)5-4-9-23-17)24-16-6-2-3-8-19-16;3-2(4,5)1(6)7/h2-3,6-8,10,14-15,17H,4-5,9,11H2,1H3;(H,6,7)/t14-,15-,17+;/m1./s1. The molecule has 0 saturated carbocycles. The summed E-state index contributed by atoms with van der Waals surface area (Å²) in [5.74, 6) is -1.58. The first kappa shape index (κ1) is 22.6. The van der Waals surface area contributed by atoms with Crippen molar-refractivity contribution in [3.05, 3.63) is 48.0 Å². The smallest absolute Gasteiger partial charge is 0.475 e. The van der Waals surface area contributed by atoms with Gasteiger partial charge in [0.15, 0.2) is 0 Å². The number of rotatable bonds is 3. The lowest BCUT2D eigenvalue weighted by Crippen LogP contribution is -2.44. The van der Waals surface area contributed by atoms with Crippen molar-refractivity contribution in [1.82, 2.24) is 9.88 Å². The minimum Gasteiger partial charge on any atom is -0.475 e. The number of pyridine rings is 1. The van der Waals surface area contributed by atoms with E-state index in [0.29, 0.717) is 30.4 Å². The number of carboxylic acid groups (broad SMARTS) is 1. The van der Waals surface area contributed by atoms with E-state index < -0.39 is 12.1 Å². The van der Waals surface area contributed by atoms with Crippen molar-refractivity contribution in [1.29, 1.82) is 0 Å². The van der Waals surface area contributed by atoms with Crippen LogP contribution in [-0.2, 0) is 9.53 Å². The molecule has 2 fully saturated rings. The van der Waals surface area contributed by atoms with E-state index in [1.807, 2.05) is 23.1 Å². The average Bonchev–Trinajstić information content (AvgIpc) is 3.32. The third-order valence-electron chi connectivity index (χ3n) is 4.98. The Bertz CT molecular complexity index is 902. The van der Waals surface area contributed by atoms with Crippen molar-refractivity contribution in [3.63, 3.8) is 0 Å². The number of aryl methyl sites for hydroxylation is 1. The summed E-state index contributed by atoms with van der Waals surface area (Å²) in [4.78, 5) is 27.9. The van der Waals surface area contributed by atoms with E-state index in [2.05, 4.69) is 4.98 Å². The lowest BCUT2D eigenvalue weighted by atomic mass is 10.0. The molecule has 2 aromatic heterocycles. The number of aromatic nitrogens is 1. The minimum absolute atomic E-state index is 0.0196. The van der Waals surface area contributed by atoms with Crippen LogP contribution < -0.4 is 4.74 Å². The predicted molar refractivity (Wildman–Crippen MR) is 99.6 cm³/mol. The number of aliphatic carboxylic acids is 1. The van der Waals surface area contributed by atoms with Gasteiger partial charge < -0.3 is 23.9 Å². The summed E-state index contributed by atoms with van der Waals surface area (Å²) in [5, 5.41) is 7.12. The maximum atomic E-state index is 12.9. The zero-order valence-corrected chi connectivity index (χ0v) is 16.5. The Morgan fingerprint density at radius 1 is 1.29 bits per heavy atom. The molecule has 0 radical (unpaired) electrons. The summed E-state index contributed by atoms with van der Waals surface area (Å²) in [6, 6.07) is 7.31. The average molecular weight is 442 g/mol. The summed E-state index contributed by atoms with van der Waals surface area (Å²) >= 11 is 0. The molecular formula is C20H21F3N2O6. The van der Waals surface area contributed by atoms with Gasteiger partial charge in [-0.25, -0.2) is 9.78 Å². The molecule has 1 N–H and O–H groups in total. The Hall–Kier alpha value is -3.08. The number of ether oxygens (including phenoxy) is 2. The molecule has 2 saturated heterocycles. The van der Waals surface area contributed by atoms with E-state index in [1.54, 1.807) is 25.5 Å². The van der Waals surface area contributed by atoms with E-state index in [1.165, 1.54) is 0 Å². The van der Waals surface area contributed by atoms with Crippen LogP contribution in [0.3, 0.4) is 0 Å². The molecule has 0 bridgehead atoms. The van der Waals surface area contributed by atoms with Crippen molar-refractivity contribution < 1.29 is 41.8 Å². The molecule has 4 rings (SSSR count). The molecule has 3 atom stereocenters. The van der Waals surface area contributed by atoms with E-state index in [9.17, 15) is 18.0 Å². The summed E-state index contributed by atoms with van der Waals surface area (Å²) in [6.07, 6.45) is -0.282. The van der Waals surface area contributed by atoms with Crippen LogP contribution in [0.25, 0.3) is 0 Å². The molecule has 1 amide bonds. The summed E-state index contributed by atoms with van der Waals surface area (Å²) < 4.78 is 49.0. The Morgan fingerprint density at radius 3 is 2.61 bits per heavy atom. The molecule has 168 valence electrons. The molecule has 8 nitrogen and oxygen atoms in total. The topological polar surface area (TPSA) is 102 Å². The number of alkyl halides is 3. The Morgan fingerprint density at radius 2 is 2.03 bits per heavy atom. The fourth-order valence-corrected chi connectivity index (χ4v) is 3.58. The highest BCUT2D eigenvalue weighted by Gasteiger charge is 2.48. The first-order valence-electron chi connectivity index (χ1n) is 9.53. The maximum absolute atomic E-state index is 12.9. The highest BCUT2D eigenvalue weighted by molar-refractivity contribution is 5.95. The third kappa shape index (κ3) is 5.35. The third-order valence-corrected chi connectivity index (χ3v) is 4.98. The summed E-state index contributed by atoms with van der Waals surface area (Å²) in [5.41, 5.74) is 0.609. The molecule has 0 unspecified atom stereocenters. The van der Waals surface area contributed by atoms with Crippen LogP contribution >= 0.6 is 0 Å². The van der Waals surface area contributed by atoms with Crippen molar-refractivity contribution >= 4 is 11.9 Å². The van der Waals surface area contributed by atoms with Crippen molar-refractivity contribution in [2.45, 2.75) is 44.2 Å². The molecule has 31 heavy (non-hydrogen) atoms. The van der Waals surface area contributed by atoms with Crippen molar-refractivity contribution in [2.75, 3.05) is 13.2 Å². The Balaban J connectivity index is 0.000000339. The van der Waals surface area contributed by atoms with Gasteiger partial charge in [0.25, 0.3) is 5.91 Å². The van der Waals surface area contributed by atoms with Gasteiger partial charge in [0.05, 0.1) is 24.4 Å². The van der Waals surface area contributed by atoms with Crippen molar-refractivity contribution in [2.24, 2.45) is 0 Å². The van der Waals surface area contributed by atoms with Crippen LogP contribution in [0.2, 0.25) is 0 Å². The van der Waals surface area contributed by atoms with Crippen LogP contribution in [0.1, 0.15) is 29.0 Å². The summed E-state index contributed by atoms with van der Waals surface area (Å²) in [6.45, 7) is 3.01. The second kappa shape index (κ2) is 9.38. The van der Waals surface area contributed by atoms with Gasteiger partial charge >= 0.3 is 12.1 Å². The van der Waals surface area contributed by atoms with Gasteiger partial charge in [0, 0.05) is 18.9 Å². The first-order chi connectivity index (χ1) is 14.7. The number of furan rings is 1. The van der Waals surface area contributed by atoms with E-state index in [4.69, 9.17) is 23.8 Å². The first-order valence-corrected chi connectivity index (χ1v) is 9.53. The highest BCUT2D eigenvalue weighted by Crippen LogP contribution is 2.32. The highest BCUT2D eigenvalue weighted by atomic mass is 19.4. The van der Waals surface area contributed by atoms with Crippen LogP contribution in [0, 0.1) is 6.92 Å². The molecule has 0 aliphatic carbocycles. The van der Waals surface area contributed by atoms with Crippen LogP contribution in [0.4, 0.5) is 13.2 Å². The fraction of sp³-hybridized carbons (Fsp3) is 0.450. The van der Waals surface area contributed by atoms with Crippen molar-refractivity contribution in [3.8, 4) is 5.88 Å². The molecule has 0 spiro atoms. The lowest BCUT2D eigenvalue weighted by Gasteiger charge is -2.31. The minimum atomic E-state index is -5.08. The van der Waals surface area contributed by atoms with E-state index in [-0.39, 0.29) is 24.2 Å². The monoisotopic (exact) mass is 442 g/mol. The molecule has 0 aromatic carbocycles. The van der Waals surface area contributed by atoms with E-state index in [0.717, 1.165) is 12.8 Å². The van der Waals surface area contributed by atoms with Gasteiger partial charge in [-0.3, -0.25) is 4.79 Å². The number of amides is 1. The Labute approximate surface area is 175 Å². The largest absolute Gasteiger partial charge is 0.490 e. The van der Waals surface area contributed by atoms with Gasteiger partial charge in [-0.05, 0) is 31.9 Å². The van der Waals surface area contributed by atoms with E-state index >= 15 is 0 Å². The van der Waals surface area contributed by atoms with Gasteiger partial charge in [-0.2, -0.15) is 13.2 Å². The van der Waals surface area contributed by atoms with Gasteiger partial charge in [0.2, 0.25) is 5.88 Å². The van der Waals surface area contributed by atoms with Gasteiger partial charge in [0.1, 0.15) is 18.0 Å². The summed E-state index contributed by atoms with van der Waals surface area (Å²) in [7, 11) is 0.